The van der Waals surface area contributed by atoms with E-state index in [2.05, 4.69) is 10.6 Å². The van der Waals surface area contributed by atoms with Crippen LogP contribution in [-0.2, 0) is 4.74 Å². The molecular weight excluding hydrogens is 259 g/mol. The van der Waals surface area contributed by atoms with Gasteiger partial charge in [0.05, 0.1) is 6.61 Å². The van der Waals surface area contributed by atoms with Crippen LogP contribution in [0.3, 0.4) is 0 Å². The molecule has 0 fully saturated rings. The van der Waals surface area contributed by atoms with Crippen LogP contribution in [0.5, 0.6) is 0 Å². The molecule has 2 aromatic rings. The number of rotatable bonds is 4. The van der Waals surface area contributed by atoms with Crippen LogP contribution in [0.2, 0.25) is 0 Å². The van der Waals surface area contributed by atoms with E-state index in [4.69, 9.17) is 4.74 Å². The van der Waals surface area contributed by atoms with Gasteiger partial charge >= 0.3 is 6.09 Å². The molecule has 0 atom stereocenters. The van der Waals surface area contributed by atoms with Crippen molar-refractivity contribution in [3.63, 3.8) is 0 Å². The Labute approximate surface area is 116 Å². The minimum atomic E-state index is -0.488. The van der Waals surface area contributed by atoms with Crippen molar-refractivity contribution in [1.82, 2.24) is 0 Å². The van der Waals surface area contributed by atoms with Gasteiger partial charge in [-0.25, -0.2) is 9.18 Å². The van der Waals surface area contributed by atoms with Crippen LogP contribution in [-0.4, -0.2) is 12.7 Å². The zero-order valence-corrected chi connectivity index (χ0v) is 11.0. The van der Waals surface area contributed by atoms with Gasteiger partial charge in [0.2, 0.25) is 0 Å². The van der Waals surface area contributed by atoms with E-state index in [9.17, 15) is 9.18 Å². The molecule has 1 amide bonds. The number of nitrogens with one attached hydrogen (secondary N) is 2. The summed E-state index contributed by atoms with van der Waals surface area (Å²) < 4.78 is 17.8. The molecule has 0 aromatic heterocycles. The second-order valence-electron chi connectivity index (χ2n) is 4.06. The minimum Gasteiger partial charge on any atom is -0.450 e. The van der Waals surface area contributed by atoms with Crippen molar-refractivity contribution in [3.8, 4) is 0 Å². The molecule has 0 saturated heterocycles. The quantitative estimate of drug-likeness (QED) is 0.881. The highest BCUT2D eigenvalue weighted by Gasteiger charge is 2.02. The lowest BCUT2D eigenvalue weighted by Gasteiger charge is -2.08. The van der Waals surface area contributed by atoms with Gasteiger partial charge in [0.25, 0.3) is 0 Å². The maximum Gasteiger partial charge on any atom is 0.411 e. The Morgan fingerprint density at radius 1 is 1.10 bits per heavy atom. The number of carbonyl (C=O) groups excluding carboxylic acids is 1. The molecule has 0 radical (unpaired) electrons. The molecule has 0 unspecified atom stereocenters. The van der Waals surface area contributed by atoms with E-state index in [1.54, 1.807) is 43.3 Å². The van der Waals surface area contributed by atoms with Crippen molar-refractivity contribution in [1.29, 1.82) is 0 Å². The Balaban J connectivity index is 1.99. The highest BCUT2D eigenvalue weighted by atomic mass is 19.1. The van der Waals surface area contributed by atoms with Crippen LogP contribution in [0.15, 0.2) is 48.5 Å². The summed E-state index contributed by atoms with van der Waals surface area (Å²) in [5.41, 5.74) is 2.09. The monoisotopic (exact) mass is 274 g/mol. The molecule has 0 aliphatic carbocycles. The third kappa shape index (κ3) is 3.98. The average molecular weight is 274 g/mol. The van der Waals surface area contributed by atoms with Crippen LogP contribution in [0.25, 0.3) is 0 Å². The summed E-state index contributed by atoms with van der Waals surface area (Å²) in [6, 6.07) is 13.2. The number of halogens is 1. The predicted molar refractivity (Wildman–Crippen MR) is 76.8 cm³/mol. The molecule has 2 N–H and O–H groups in total. The molecule has 104 valence electrons. The van der Waals surface area contributed by atoms with E-state index >= 15 is 0 Å². The molecule has 20 heavy (non-hydrogen) atoms. The van der Waals surface area contributed by atoms with Crippen LogP contribution in [0, 0.1) is 5.82 Å². The third-order valence-electron chi connectivity index (χ3n) is 2.52. The summed E-state index contributed by atoms with van der Waals surface area (Å²) in [5.74, 6) is -0.296. The normalized spacial score (nSPS) is 9.90. The zero-order chi connectivity index (χ0) is 14.4. The maximum atomic E-state index is 13.0. The molecule has 0 bridgehead atoms. The number of hydrogen-bond acceptors (Lipinski definition) is 3. The molecule has 0 aliphatic heterocycles. The van der Waals surface area contributed by atoms with Gasteiger partial charge in [-0.1, -0.05) is 6.07 Å². The van der Waals surface area contributed by atoms with Gasteiger partial charge in [-0.3, -0.25) is 5.32 Å². The van der Waals surface area contributed by atoms with Crippen molar-refractivity contribution in [3.05, 3.63) is 54.3 Å². The topological polar surface area (TPSA) is 50.4 Å². The number of anilines is 3. The fraction of sp³-hybridized carbons (Fsp3) is 0.133. The number of benzene rings is 2. The summed E-state index contributed by atoms with van der Waals surface area (Å²) >= 11 is 0. The van der Waals surface area contributed by atoms with E-state index in [0.29, 0.717) is 18.0 Å². The van der Waals surface area contributed by atoms with Gasteiger partial charge in [0, 0.05) is 17.1 Å². The van der Waals surface area contributed by atoms with E-state index in [-0.39, 0.29) is 5.82 Å². The van der Waals surface area contributed by atoms with E-state index in [0.717, 1.165) is 5.69 Å². The zero-order valence-electron chi connectivity index (χ0n) is 11.0. The number of carbonyl (C=O) groups is 1. The lowest BCUT2D eigenvalue weighted by Crippen LogP contribution is -2.13. The van der Waals surface area contributed by atoms with Gasteiger partial charge in [0.1, 0.15) is 5.82 Å². The standard InChI is InChI=1S/C15H15FN2O2/c1-2-20-15(19)18-13-8-6-12(7-9-13)17-14-5-3-4-11(16)10-14/h3-10,17H,2H2,1H3,(H,18,19). The Hall–Kier alpha value is -2.56. The molecular formula is C15H15FN2O2. The molecule has 5 heteroatoms. The van der Waals surface area contributed by atoms with Gasteiger partial charge in [-0.15, -0.1) is 0 Å². The lowest BCUT2D eigenvalue weighted by molar-refractivity contribution is 0.168. The summed E-state index contributed by atoms with van der Waals surface area (Å²) in [5, 5.41) is 5.66. The van der Waals surface area contributed by atoms with Crippen LogP contribution in [0.4, 0.5) is 26.2 Å². The highest BCUT2D eigenvalue weighted by molar-refractivity contribution is 5.84. The summed E-state index contributed by atoms with van der Waals surface area (Å²) in [6.07, 6.45) is -0.488. The third-order valence-corrected chi connectivity index (χ3v) is 2.52. The van der Waals surface area contributed by atoms with Crippen molar-refractivity contribution >= 4 is 23.2 Å². The first kappa shape index (κ1) is 13.9. The van der Waals surface area contributed by atoms with Gasteiger partial charge < -0.3 is 10.1 Å². The molecule has 0 spiro atoms. The lowest BCUT2D eigenvalue weighted by atomic mass is 10.2. The largest absolute Gasteiger partial charge is 0.450 e. The molecule has 0 aliphatic rings. The Kier molecular flexibility index (Phi) is 4.55. The molecule has 0 heterocycles. The molecule has 4 nitrogen and oxygen atoms in total. The minimum absolute atomic E-state index is 0.296. The average Bonchev–Trinajstić information content (AvgIpc) is 2.41. The Morgan fingerprint density at radius 3 is 2.45 bits per heavy atom. The van der Waals surface area contributed by atoms with Crippen LogP contribution >= 0.6 is 0 Å². The van der Waals surface area contributed by atoms with E-state index in [1.165, 1.54) is 12.1 Å². The Bertz CT molecular complexity index is 585. The van der Waals surface area contributed by atoms with Gasteiger partial charge in [-0.2, -0.15) is 0 Å². The Morgan fingerprint density at radius 2 is 1.80 bits per heavy atom. The predicted octanol–water partition coefficient (Wildman–Crippen LogP) is 4.14. The molecule has 2 rings (SSSR count). The number of amides is 1. The summed E-state index contributed by atoms with van der Waals surface area (Å²) in [4.78, 5) is 11.2. The fourth-order valence-electron chi connectivity index (χ4n) is 1.65. The first-order chi connectivity index (χ1) is 9.67. The second kappa shape index (κ2) is 6.56. The van der Waals surface area contributed by atoms with Gasteiger partial charge in [0.15, 0.2) is 0 Å². The van der Waals surface area contributed by atoms with Crippen molar-refractivity contribution in [2.45, 2.75) is 6.92 Å². The van der Waals surface area contributed by atoms with Crippen LogP contribution < -0.4 is 10.6 Å². The van der Waals surface area contributed by atoms with Crippen molar-refractivity contribution in [2.75, 3.05) is 17.2 Å². The number of ether oxygens (including phenoxy) is 1. The fourth-order valence-corrected chi connectivity index (χ4v) is 1.65. The van der Waals surface area contributed by atoms with Crippen molar-refractivity contribution < 1.29 is 13.9 Å². The molecule has 2 aromatic carbocycles. The smallest absolute Gasteiger partial charge is 0.411 e. The van der Waals surface area contributed by atoms with Crippen molar-refractivity contribution in [2.24, 2.45) is 0 Å². The summed E-state index contributed by atoms with van der Waals surface area (Å²) in [7, 11) is 0. The van der Waals surface area contributed by atoms with Crippen LogP contribution in [0.1, 0.15) is 6.92 Å². The first-order valence-electron chi connectivity index (χ1n) is 6.24. The highest BCUT2D eigenvalue weighted by Crippen LogP contribution is 2.19. The SMILES string of the molecule is CCOC(=O)Nc1ccc(Nc2cccc(F)c2)cc1. The first-order valence-corrected chi connectivity index (χ1v) is 6.24. The van der Waals surface area contributed by atoms with Gasteiger partial charge in [-0.05, 0) is 49.4 Å². The summed E-state index contributed by atoms with van der Waals surface area (Å²) in [6.45, 7) is 2.07. The van der Waals surface area contributed by atoms with E-state index < -0.39 is 6.09 Å². The number of hydrogen-bond donors (Lipinski definition) is 2. The molecule has 0 saturated carbocycles. The second-order valence-corrected chi connectivity index (χ2v) is 4.06. The van der Waals surface area contributed by atoms with E-state index in [1.807, 2.05) is 0 Å². The maximum absolute atomic E-state index is 13.0.